The zero-order valence-electron chi connectivity index (χ0n) is 17.7. The molecule has 1 aliphatic rings. The normalized spacial score (nSPS) is 15.4. The number of hydrogen-bond acceptors (Lipinski definition) is 3. The molecule has 0 aromatic heterocycles. The van der Waals surface area contributed by atoms with Gasteiger partial charge < -0.3 is 9.80 Å². The number of likely N-dealkylation sites (N-methyl/N-ethyl adjacent to an activating group) is 1. The van der Waals surface area contributed by atoms with Gasteiger partial charge in [0.1, 0.15) is 6.04 Å². The smallest absolute Gasteiger partial charge is 0.253 e. The Morgan fingerprint density at radius 3 is 1.97 bits per heavy atom. The van der Waals surface area contributed by atoms with E-state index < -0.39 is 0 Å². The molecule has 0 N–H and O–H groups in total. The van der Waals surface area contributed by atoms with Gasteiger partial charge in [-0.05, 0) is 37.7 Å². The Labute approximate surface area is 173 Å². The minimum atomic E-state index is -0.273. The number of amides is 2. The Kier molecular flexibility index (Phi) is 7.04. The molecule has 1 heterocycles. The van der Waals surface area contributed by atoms with Gasteiger partial charge in [0.25, 0.3) is 5.91 Å². The van der Waals surface area contributed by atoms with E-state index in [1.54, 1.807) is 0 Å². The Hall–Kier alpha value is -2.66. The second-order valence-corrected chi connectivity index (χ2v) is 7.52. The van der Waals surface area contributed by atoms with Crippen LogP contribution in [0.2, 0.25) is 0 Å². The fraction of sp³-hybridized carbons (Fsp3) is 0.417. The summed E-state index contributed by atoms with van der Waals surface area (Å²) in [5.41, 5.74) is 2.88. The number of benzene rings is 2. The van der Waals surface area contributed by atoms with E-state index in [2.05, 4.69) is 18.7 Å². The lowest BCUT2D eigenvalue weighted by Crippen LogP contribution is -2.53. The maximum absolute atomic E-state index is 13.4. The van der Waals surface area contributed by atoms with Crippen LogP contribution in [-0.2, 0) is 4.79 Å². The molecular formula is C24H31N3O2. The van der Waals surface area contributed by atoms with Crippen LogP contribution in [0.25, 0.3) is 0 Å². The van der Waals surface area contributed by atoms with Gasteiger partial charge >= 0.3 is 0 Å². The molecule has 3 rings (SSSR count). The van der Waals surface area contributed by atoms with Gasteiger partial charge in [-0.2, -0.15) is 0 Å². The monoisotopic (exact) mass is 393 g/mol. The number of carbonyl (C=O) groups excluding carboxylic acids is 2. The van der Waals surface area contributed by atoms with E-state index >= 15 is 0 Å². The Morgan fingerprint density at radius 2 is 1.41 bits per heavy atom. The molecule has 0 bridgehead atoms. The molecule has 5 nitrogen and oxygen atoms in total. The third kappa shape index (κ3) is 4.85. The first kappa shape index (κ1) is 21.1. The van der Waals surface area contributed by atoms with Crippen molar-refractivity contribution in [3.05, 3.63) is 71.3 Å². The summed E-state index contributed by atoms with van der Waals surface area (Å²) in [4.78, 5) is 32.1. The van der Waals surface area contributed by atoms with Gasteiger partial charge in [0.2, 0.25) is 5.91 Å². The predicted molar refractivity (Wildman–Crippen MR) is 116 cm³/mol. The van der Waals surface area contributed by atoms with E-state index in [0.717, 1.165) is 24.2 Å². The molecule has 1 unspecified atom stereocenters. The highest BCUT2D eigenvalue weighted by atomic mass is 16.2. The molecule has 1 fully saturated rings. The Balaban J connectivity index is 1.69. The van der Waals surface area contributed by atoms with E-state index in [-0.39, 0.29) is 17.9 Å². The molecule has 0 radical (unpaired) electrons. The first-order valence-electron chi connectivity index (χ1n) is 10.5. The summed E-state index contributed by atoms with van der Waals surface area (Å²) in [6.45, 7) is 10.1. The standard InChI is InChI=1S/C24H31N3O2/c1-4-25(5-2)22(20-9-7-6-8-10-20)24(29)27-17-15-26(16-18-27)23(28)21-13-11-19(3)12-14-21/h6-14,22H,4-5,15-18H2,1-3H3. The third-order valence-corrected chi connectivity index (χ3v) is 5.70. The van der Waals surface area contributed by atoms with Crippen molar-refractivity contribution in [2.45, 2.75) is 26.8 Å². The van der Waals surface area contributed by atoms with Crippen molar-refractivity contribution >= 4 is 11.8 Å². The largest absolute Gasteiger partial charge is 0.337 e. The minimum Gasteiger partial charge on any atom is -0.337 e. The lowest BCUT2D eigenvalue weighted by Gasteiger charge is -2.39. The van der Waals surface area contributed by atoms with Gasteiger partial charge in [-0.3, -0.25) is 14.5 Å². The molecule has 2 aromatic rings. The Bertz CT molecular complexity index is 808. The number of carbonyl (C=O) groups is 2. The highest BCUT2D eigenvalue weighted by molar-refractivity contribution is 5.94. The van der Waals surface area contributed by atoms with E-state index in [1.807, 2.05) is 71.3 Å². The number of aryl methyl sites for hydroxylation is 1. The van der Waals surface area contributed by atoms with Crippen LogP contribution < -0.4 is 0 Å². The second kappa shape index (κ2) is 9.70. The van der Waals surface area contributed by atoms with Gasteiger partial charge in [-0.25, -0.2) is 0 Å². The molecule has 1 aliphatic heterocycles. The molecule has 2 amide bonds. The Morgan fingerprint density at radius 1 is 0.862 bits per heavy atom. The molecule has 0 spiro atoms. The summed E-state index contributed by atoms with van der Waals surface area (Å²) < 4.78 is 0. The van der Waals surface area contributed by atoms with Crippen molar-refractivity contribution in [1.82, 2.24) is 14.7 Å². The van der Waals surface area contributed by atoms with E-state index in [4.69, 9.17) is 0 Å². The van der Waals surface area contributed by atoms with E-state index in [9.17, 15) is 9.59 Å². The number of nitrogens with zero attached hydrogens (tertiary/aromatic N) is 3. The first-order valence-corrected chi connectivity index (χ1v) is 10.5. The fourth-order valence-corrected chi connectivity index (χ4v) is 3.92. The zero-order valence-corrected chi connectivity index (χ0v) is 17.7. The second-order valence-electron chi connectivity index (χ2n) is 7.52. The van der Waals surface area contributed by atoms with Gasteiger partial charge in [-0.1, -0.05) is 61.9 Å². The van der Waals surface area contributed by atoms with Crippen molar-refractivity contribution in [2.24, 2.45) is 0 Å². The molecule has 2 aromatic carbocycles. The molecule has 29 heavy (non-hydrogen) atoms. The lowest BCUT2D eigenvalue weighted by atomic mass is 10.0. The van der Waals surface area contributed by atoms with Crippen LogP contribution in [-0.4, -0.2) is 65.8 Å². The molecule has 0 saturated carbocycles. The molecule has 1 saturated heterocycles. The van der Waals surface area contributed by atoms with Crippen LogP contribution in [0.3, 0.4) is 0 Å². The maximum Gasteiger partial charge on any atom is 0.253 e. The first-order chi connectivity index (χ1) is 14.0. The van der Waals surface area contributed by atoms with Gasteiger partial charge in [0, 0.05) is 31.7 Å². The van der Waals surface area contributed by atoms with Gasteiger partial charge in [0.15, 0.2) is 0 Å². The highest BCUT2D eigenvalue weighted by Gasteiger charge is 2.32. The van der Waals surface area contributed by atoms with Gasteiger partial charge in [0.05, 0.1) is 0 Å². The van der Waals surface area contributed by atoms with Crippen LogP contribution in [0.1, 0.15) is 41.4 Å². The van der Waals surface area contributed by atoms with E-state index in [1.165, 1.54) is 0 Å². The topological polar surface area (TPSA) is 43.9 Å². The quantitative estimate of drug-likeness (QED) is 0.756. The van der Waals surface area contributed by atoms with Crippen molar-refractivity contribution in [2.75, 3.05) is 39.3 Å². The van der Waals surface area contributed by atoms with Crippen molar-refractivity contribution < 1.29 is 9.59 Å². The van der Waals surface area contributed by atoms with Crippen LogP contribution >= 0.6 is 0 Å². The summed E-state index contributed by atoms with van der Waals surface area (Å²) in [6, 6.07) is 17.4. The number of piperazine rings is 1. The molecule has 154 valence electrons. The summed E-state index contributed by atoms with van der Waals surface area (Å²) in [5, 5.41) is 0. The molecular weight excluding hydrogens is 362 g/mol. The van der Waals surface area contributed by atoms with E-state index in [0.29, 0.717) is 31.7 Å². The zero-order chi connectivity index (χ0) is 20.8. The summed E-state index contributed by atoms with van der Waals surface area (Å²) in [6.07, 6.45) is 0. The molecule has 1 atom stereocenters. The van der Waals surface area contributed by atoms with Crippen LogP contribution in [0.5, 0.6) is 0 Å². The fourth-order valence-electron chi connectivity index (χ4n) is 3.92. The number of rotatable bonds is 6. The number of hydrogen-bond donors (Lipinski definition) is 0. The van der Waals surface area contributed by atoms with Crippen molar-refractivity contribution in [3.8, 4) is 0 Å². The summed E-state index contributed by atoms with van der Waals surface area (Å²) >= 11 is 0. The average Bonchev–Trinajstić information content (AvgIpc) is 2.77. The third-order valence-electron chi connectivity index (χ3n) is 5.70. The van der Waals surface area contributed by atoms with Crippen LogP contribution in [0.15, 0.2) is 54.6 Å². The van der Waals surface area contributed by atoms with Crippen LogP contribution in [0, 0.1) is 6.92 Å². The minimum absolute atomic E-state index is 0.0421. The highest BCUT2D eigenvalue weighted by Crippen LogP contribution is 2.24. The summed E-state index contributed by atoms with van der Waals surface area (Å²) in [5.74, 6) is 0.169. The molecule has 5 heteroatoms. The average molecular weight is 394 g/mol. The summed E-state index contributed by atoms with van der Waals surface area (Å²) in [7, 11) is 0. The van der Waals surface area contributed by atoms with Crippen molar-refractivity contribution in [1.29, 1.82) is 0 Å². The molecule has 0 aliphatic carbocycles. The maximum atomic E-state index is 13.4. The predicted octanol–water partition coefficient (Wildman–Crippen LogP) is 3.36. The van der Waals surface area contributed by atoms with Crippen molar-refractivity contribution in [3.63, 3.8) is 0 Å². The van der Waals surface area contributed by atoms with Gasteiger partial charge in [-0.15, -0.1) is 0 Å². The van der Waals surface area contributed by atoms with Crippen LogP contribution in [0.4, 0.5) is 0 Å². The SMILES string of the molecule is CCN(CC)C(C(=O)N1CCN(C(=O)c2ccc(C)cc2)CC1)c1ccccc1. The lowest BCUT2D eigenvalue weighted by molar-refractivity contribution is -0.138.